The third kappa shape index (κ3) is 4.61. The maximum Gasteiger partial charge on any atom is 0.238 e. The molecule has 0 amide bonds. The molecule has 4 rings (SSSR count). The van der Waals surface area contributed by atoms with Gasteiger partial charge in [0.2, 0.25) is 5.70 Å². The van der Waals surface area contributed by atoms with Crippen LogP contribution >= 0.6 is 35.4 Å². The summed E-state index contributed by atoms with van der Waals surface area (Å²) in [5.41, 5.74) is 1.99. The Morgan fingerprint density at radius 1 is 0.969 bits per heavy atom. The molecule has 0 radical (unpaired) electrons. The van der Waals surface area contributed by atoms with E-state index >= 15 is 0 Å². The van der Waals surface area contributed by atoms with E-state index in [0.29, 0.717) is 16.1 Å². The first-order valence-electron chi connectivity index (χ1n) is 9.75. The Morgan fingerprint density at radius 2 is 1.75 bits per heavy atom. The molecule has 0 unspecified atom stereocenters. The lowest BCUT2D eigenvalue weighted by atomic mass is 10.1. The fraction of sp³-hybridized carbons (Fsp3) is 0.0400. The maximum absolute atomic E-state index is 13.6. The number of hydrogen-bond donors (Lipinski definition) is 2. The number of aliphatic hydroxyl groups is 1. The van der Waals surface area contributed by atoms with Crippen LogP contribution in [0.15, 0.2) is 85.2 Å². The van der Waals surface area contributed by atoms with Crippen LogP contribution in [-0.4, -0.2) is 10.1 Å². The molecule has 1 aromatic heterocycles. The Bertz CT molecular complexity index is 1350. The SMILES string of the molecule is [O-]/C(=C(\C(=S)Nc1cccc2ccccc12)[n+]1cccc(CO)c1)c1ccc(Cl)c(Cl)c1. The van der Waals surface area contributed by atoms with E-state index in [2.05, 4.69) is 5.32 Å². The molecular weight excluding hydrogens is 463 g/mol. The molecule has 0 aliphatic carbocycles. The molecule has 0 bridgehead atoms. The molecule has 0 aliphatic heterocycles. The molecule has 0 saturated carbocycles. The Balaban J connectivity index is 1.84. The second kappa shape index (κ2) is 9.67. The number of nitrogens with one attached hydrogen (secondary N) is 1. The number of rotatable bonds is 5. The highest BCUT2D eigenvalue weighted by molar-refractivity contribution is 7.81. The first-order valence-corrected chi connectivity index (χ1v) is 10.9. The predicted molar refractivity (Wildman–Crippen MR) is 132 cm³/mol. The van der Waals surface area contributed by atoms with Crippen molar-refractivity contribution in [1.29, 1.82) is 0 Å². The number of pyridine rings is 1. The van der Waals surface area contributed by atoms with Gasteiger partial charge in [0.15, 0.2) is 17.4 Å². The van der Waals surface area contributed by atoms with Gasteiger partial charge in [0, 0.05) is 22.7 Å². The van der Waals surface area contributed by atoms with Crippen molar-refractivity contribution < 1.29 is 14.8 Å². The van der Waals surface area contributed by atoms with Crippen molar-refractivity contribution in [2.45, 2.75) is 6.61 Å². The van der Waals surface area contributed by atoms with Crippen LogP contribution in [0.3, 0.4) is 0 Å². The number of thiocarbonyl (C=S) groups is 1. The smallest absolute Gasteiger partial charge is 0.238 e. The standard InChI is InChI=1S/C25H18Cl2N2O2S/c26-20-11-10-18(13-21(20)27)24(31)23(29-12-4-5-16(14-29)15-30)25(32)28-22-9-3-7-17-6-1-2-8-19(17)22/h1-14,30H,15H2,(H-,28,31,32). The Labute approximate surface area is 201 Å². The normalized spacial score (nSPS) is 11.8. The van der Waals surface area contributed by atoms with Crippen molar-refractivity contribution in [2.75, 3.05) is 5.32 Å². The van der Waals surface area contributed by atoms with Gasteiger partial charge < -0.3 is 15.5 Å². The highest BCUT2D eigenvalue weighted by atomic mass is 35.5. The van der Waals surface area contributed by atoms with Gasteiger partial charge in [-0.25, -0.2) is 0 Å². The Kier molecular flexibility index (Phi) is 6.72. The number of halogens is 2. The second-order valence-electron chi connectivity index (χ2n) is 7.07. The molecule has 32 heavy (non-hydrogen) atoms. The third-order valence-corrected chi connectivity index (χ3v) is 5.99. The lowest BCUT2D eigenvalue weighted by Gasteiger charge is -2.18. The van der Waals surface area contributed by atoms with Crippen LogP contribution in [-0.2, 0) is 6.61 Å². The largest absolute Gasteiger partial charge is 0.867 e. The number of fused-ring (bicyclic) bond motifs is 1. The van der Waals surface area contributed by atoms with Crippen molar-refractivity contribution in [3.05, 3.63) is 106 Å². The van der Waals surface area contributed by atoms with E-state index in [0.717, 1.165) is 16.5 Å². The molecule has 2 N–H and O–H groups in total. The molecule has 3 aromatic carbocycles. The van der Waals surface area contributed by atoms with Crippen LogP contribution in [0, 0.1) is 0 Å². The molecule has 160 valence electrons. The summed E-state index contributed by atoms with van der Waals surface area (Å²) in [6.07, 6.45) is 3.38. The maximum atomic E-state index is 13.6. The average molecular weight is 481 g/mol. The minimum atomic E-state index is -0.332. The molecular formula is C25H18Cl2N2O2S. The lowest BCUT2D eigenvalue weighted by molar-refractivity contribution is -0.578. The number of aliphatic hydroxyl groups excluding tert-OH is 1. The van der Waals surface area contributed by atoms with Crippen molar-refractivity contribution in [2.24, 2.45) is 0 Å². The molecule has 0 saturated heterocycles. The first kappa shape index (κ1) is 22.2. The minimum absolute atomic E-state index is 0.168. The number of benzene rings is 3. The summed E-state index contributed by atoms with van der Waals surface area (Å²) in [5.74, 6) is -0.332. The van der Waals surface area contributed by atoms with E-state index in [-0.39, 0.29) is 28.1 Å². The van der Waals surface area contributed by atoms with Crippen LogP contribution < -0.4 is 15.0 Å². The number of anilines is 1. The van der Waals surface area contributed by atoms with Crippen molar-refractivity contribution in [3.63, 3.8) is 0 Å². The summed E-state index contributed by atoms with van der Waals surface area (Å²) in [6, 6.07) is 21.9. The van der Waals surface area contributed by atoms with Crippen molar-refractivity contribution >= 4 is 68.3 Å². The van der Waals surface area contributed by atoms with Crippen LogP contribution in [0.1, 0.15) is 11.1 Å². The van der Waals surface area contributed by atoms with Crippen LogP contribution in [0.2, 0.25) is 10.0 Å². The van der Waals surface area contributed by atoms with E-state index in [4.69, 9.17) is 35.4 Å². The molecule has 0 atom stereocenters. The molecule has 1 heterocycles. The number of nitrogens with zero attached hydrogens (tertiary/aromatic N) is 1. The monoisotopic (exact) mass is 480 g/mol. The highest BCUT2D eigenvalue weighted by Crippen LogP contribution is 2.27. The Morgan fingerprint density at radius 3 is 2.53 bits per heavy atom. The fourth-order valence-corrected chi connectivity index (χ4v) is 3.99. The highest BCUT2D eigenvalue weighted by Gasteiger charge is 2.20. The summed E-state index contributed by atoms with van der Waals surface area (Å²) in [5, 5.41) is 29.0. The van der Waals surface area contributed by atoms with Gasteiger partial charge in [-0.15, -0.1) is 0 Å². The first-order chi connectivity index (χ1) is 15.5. The van der Waals surface area contributed by atoms with Crippen molar-refractivity contribution in [1.82, 2.24) is 0 Å². The second-order valence-corrected chi connectivity index (χ2v) is 8.29. The minimum Gasteiger partial charge on any atom is -0.867 e. The molecule has 4 nitrogen and oxygen atoms in total. The summed E-state index contributed by atoms with van der Waals surface area (Å²) in [4.78, 5) is 0.234. The van der Waals surface area contributed by atoms with E-state index < -0.39 is 0 Å². The molecule has 7 heteroatoms. The lowest BCUT2D eigenvalue weighted by Crippen LogP contribution is -2.40. The van der Waals surface area contributed by atoms with Crippen LogP contribution in [0.25, 0.3) is 22.2 Å². The third-order valence-electron chi connectivity index (χ3n) is 4.95. The van der Waals surface area contributed by atoms with Crippen LogP contribution in [0.5, 0.6) is 0 Å². The van der Waals surface area contributed by atoms with Gasteiger partial charge in [0.05, 0.1) is 16.7 Å². The molecule has 0 spiro atoms. The van der Waals surface area contributed by atoms with Crippen molar-refractivity contribution in [3.8, 4) is 0 Å². The molecule has 0 fully saturated rings. The van der Waals surface area contributed by atoms with E-state index in [9.17, 15) is 10.2 Å². The van der Waals surface area contributed by atoms with Gasteiger partial charge in [-0.2, -0.15) is 4.57 Å². The molecule has 0 aliphatic rings. The molecule has 4 aromatic rings. The van der Waals surface area contributed by atoms with Gasteiger partial charge in [-0.05, 0) is 41.0 Å². The quantitative estimate of drug-likeness (QED) is 0.181. The number of hydrogen-bond acceptors (Lipinski definition) is 3. The summed E-state index contributed by atoms with van der Waals surface area (Å²) >= 11 is 17.9. The fourth-order valence-electron chi connectivity index (χ4n) is 3.38. The van der Waals surface area contributed by atoms with Gasteiger partial charge in [0.1, 0.15) is 0 Å². The summed E-state index contributed by atoms with van der Waals surface area (Å²) < 4.78 is 1.61. The zero-order chi connectivity index (χ0) is 22.7. The summed E-state index contributed by atoms with van der Waals surface area (Å²) in [6.45, 7) is -0.168. The topological polar surface area (TPSA) is 59.2 Å². The Hall–Kier alpha value is -2.96. The predicted octanol–water partition coefficient (Wildman–Crippen LogP) is 5.05. The van der Waals surface area contributed by atoms with Crippen LogP contribution in [0.4, 0.5) is 5.69 Å². The van der Waals surface area contributed by atoms with E-state index in [1.54, 1.807) is 41.2 Å². The number of aromatic nitrogens is 1. The average Bonchev–Trinajstić information content (AvgIpc) is 2.81. The van der Waals surface area contributed by atoms with Gasteiger partial charge in [-0.1, -0.05) is 77.9 Å². The zero-order valence-electron chi connectivity index (χ0n) is 16.8. The van der Waals surface area contributed by atoms with E-state index in [1.807, 2.05) is 42.5 Å². The van der Waals surface area contributed by atoms with Gasteiger partial charge >= 0.3 is 0 Å². The zero-order valence-corrected chi connectivity index (χ0v) is 19.1. The van der Waals surface area contributed by atoms with Gasteiger partial charge in [0.25, 0.3) is 0 Å². The van der Waals surface area contributed by atoms with Gasteiger partial charge in [-0.3, -0.25) is 0 Å². The van der Waals surface area contributed by atoms with E-state index in [1.165, 1.54) is 6.07 Å². The summed E-state index contributed by atoms with van der Waals surface area (Å²) in [7, 11) is 0.